The highest BCUT2D eigenvalue weighted by Crippen LogP contribution is 2.26. The van der Waals surface area contributed by atoms with Crippen LogP contribution in [0, 0.1) is 5.82 Å². The van der Waals surface area contributed by atoms with Crippen LogP contribution in [0.2, 0.25) is 0 Å². The number of halogens is 1. The van der Waals surface area contributed by atoms with Crippen molar-refractivity contribution in [2.45, 2.75) is 19.5 Å². The van der Waals surface area contributed by atoms with Crippen LogP contribution in [0.25, 0.3) is 11.1 Å². The smallest absolute Gasteiger partial charge is 0.131 e. The van der Waals surface area contributed by atoms with Crippen LogP contribution in [0.15, 0.2) is 42.5 Å². The second kappa shape index (κ2) is 6.16. The minimum absolute atomic E-state index is 0.0950. The van der Waals surface area contributed by atoms with Crippen molar-refractivity contribution in [2.24, 2.45) is 5.73 Å². The summed E-state index contributed by atoms with van der Waals surface area (Å²) < 4.78 is 14.0. The Morgan fingerprint density at radius 2 is 1.75 bits per heavy atom. The van der Waals surface area contributed by atoms with Crippen molar-refractivity contribution >= 4 is 0 Å². The van der Waals surface area contributed by atoms with Gasteiger partial charge in [0, 0.05) is 18.2 Å². The summed E-state index contributed by atoms with van der Waals surface area (Å²) in [5, 5.41) is 0. The Morgan fingerprint density at radius 1 is 1.10 bits per heavy atom. The first kappa shape index (κ1) is 14.7. The molecule has 0 aliphatic heterocycles. The lowest BCUT2D eigenvalue weighted by molar-refractivity contribution is 0.402. The van der Waals surface area contributed by atoms with Gasteiger partial charge in [0.05, 0.1) is 0 Å². The molecule has 2 aromatic rings. The number of benzene rings is 2. The van der Waals surface area contributed by atoms with Crippen LogP contribution in [0.1, 0.15) is 24.1 Å². The lowest BCUT2D eigenvalue weighted by Crippen LogP contribution is -2.10. The van der Waals surface area contributed by atoms with Crippen LogP contribution in [-0.2, 0) is 6.54 Å². The molecule has 3 heteroatoms. The summed E-state index contributed by atoms with van der Waals surface area (Å²) in [6, 6.07) is 13.0. The van der Waals surface area contributed by atoms with E-state index in [2.05, 4.69) is 4.90 Å². The molecule has 0 aromatic heterocycles. The third kappa shape index (κ3) is 3.44. The van der Waals surface area contributed by atoms with Gasteiger partial charge in [0.15, 0.2) is 0 Å². The molecule has 1 unspecified atom stereocenters. The van der Waals surface area contributed by atoms with Crippen molar-refractivity contribution in [2.75, 3.05) is 14.1 Å². The van der Waals surface area contributed by atoms with E-state index in [9.17, 15) is 4.39 Å². The second-order valence-electron chi connectivity index (χ2n) is 5.46. The highest BCUT2D eigenvalue weighted by Gasteiger charge is 2.08. The SMILES string of the molecule is CC(N)c1ccc(F)c(-c2ccc(CN(C)C)cc2)c1. The Hall–Kier alpha value is -1.71. The molecule has 0 radical (unpaired) electrons. The van der Waals surface area contributed by atoms with Gasteiger partial charge in [-0.1, -0.05) is 30.3 Å². The van der Waals surface area contributed by atoms with Crippen LogP contribution in [0.4, 0.5) is 4.39 Å². The topological polar surface area (TPSA) is 29.3 Å². The van der Waals surface area contributed by atoms with Gasteiger partial charge in [0.25, 0.3) is 0 Å². The van der Waals surface area contributed by atoms with E-state index in [0.29, 0.717) is 5.56 Å². The zero-order chi connectivity index (χ0) is 14.7. The van der Waals surface area contributed by atoms with Crippen molar-refractivity contribution < 1.29 is 4.39 Å². The molecule has 0 saturated carbocycles. The van der Waals surface area contributed by atoms with Crippen molar-refractivity contribution in [3.05, 3.63) is 59.4 Å². The zero-order valence-corrected chi connectivity index (χ0v) is 12.2. The molecule has 1 atom stereocenters. The molecule has 0 aliphatic carbocycles. The van der Waals surface area contributed by atoms with Gasteiger partial charge in [-0.2, -0.15) is 0 Å². The lowest BCUT2D eigenvalue weighted by Gasteiger charge is -2.12. The Bertz CT molecular complexity index is 574. The molecule has 20 heavy (non-hydrogen) atoms. The summed E-state index contributed by atoms with van der Waals surface area (Å²) >= 11 is 0. The maximum absolute atomic E-state index is 14.0. The Labute approximate surface area is 120 Å². The fourth-order valence-electron chi connectivity index (χ4n) is 2.20. The molecule has 0 bridgehead atoms. The molecular weight excluding hydrogens is 251 g/mol. The van der Waals surface area contributed by atoms with Gasteiger partial charge in [0.2, 0.25) is 0 Å². The predicted octanol–water partition coefficient (Wildman–Crippen LogP) is 3.57. The average Bonchev–Trinajstić information content (AvgIpc) is 2.39. The average molecular weight is 272 g/mol. The van der Waals surface area contributed by atoms with E-state index in [1.54, 1.807) is 6.07 Å². The molecule has 0 saturated heterocycles. The molecule has 2 aromatic carbocycles. The first-order valence-corrected chi connectivity index (χ1v) is 6.76. The molecule has 2 N–H and O–H groups in total. The van der Waals surface area contributed by atoms with E-state index < -0.39 is 0 Å². The van der Waals surface area contributed by atoms with Crippen molar-refractivity contribution in [1.29, 1.82) is 0 Å². The van der Waals surface area contributed by atoms with Crippen LogP contribution in [0.5, 0.6) is 0 Å². The molecule has 2 rings (SSSR count). The summed E-state index contributed by atoms with van der Waals surface area (Å²) in [4.78, 5) is 2.10. The number of nitrogens with two attached hydrogens (primary N) is 1. The van der Waals surface area contributed by atoms with E-state index in [0.717, 1.165) is 17.7 Å². The van der Waals surface area contributed by atoms with E-state index in [1.165, 1.54) is 11.6 Å². The second-order valence-corrected chi connectivity index (χ2v) is 5.46. The quantitative estimate of drug-likeness (QED) is 0.922. The van der Waals surface area contributed by atoms with Crippen LogP contribution in [0.3, 0.4) is 0 Å². The molecule has 0 aliphatic rings. The van der Waals surface area contributed by atoms with Gasteiger partial charge in [-0.15, -0.1) is 0 Å². The normalized spacial score (nSPS) is 12.7. The van der Waals surface area contributed by atoms with Crippen molar-refractivity contribution in [1.82, 2.24) is 4.90 Å². The first-order valence-electron chi connectivity index (χ1n) is 6.76. The first-order chi connectivity index (χ1) is 9.47. The van der Waals surface area contributed by atoms with Gasteiger partial charge in [-0.25, -0.2) is 4.39 Å². The number of hydrogen-bond donors (Lipinski definition) is 1. The molecule has 0 heterocycles. The Balaban J connectivity index is 2.33. The maximum atomic E-state index is 14.0. The maximum Gasteiger partial charge on any atom is 0.131 e. The van der Waals surface area contributed by atoms with Gasteiger partial charge in [0.1, 0.15) is 5.82 Å². The standard InChI is InChI=1S/C17H21FN2/c1-12(19)15-8-9-17(18)16(10-15)14-6-4-13(5-7-14)11-20(2)3/h4-10,12H,11,19H2,1-3H3. The highest BCUT2D eigenvalue weighted by atomic mass is 19.1. The largest absolute Gasteiger partial charge is 0.324 e. The molecule has 0 spiro atoms. The summed E-state index contributed by atoms with van der Waals surface area (Å²) in [5.74, 6) is -0.213. The molecule has 2 nitrogen and oxygen atoms in total. The van der Waals surface area contributed by atoms with Gasteiger partial charge in [-0.05, 0) is 49.8 Å². The van der Waals surface area contributed by atoms with Crippen molar-refractivity contribution in [3.63, 3.8) is 0 Å². The third-order valence-corrected chi connectivity index (χ3v) is 3.28. The summed E-state index contributed by atoms with van der Waals surface area (Å²) in [6.45, 7) is 2.78. The summed E-state index contributed by atoms with van der Waals surface area (Å²) in [6.07, 6.45) is 0. The van der Waals surface area contributed by atoms with E-state index >= 15 is 0 Å². The fraction of sp³-hybridized carbons (Fsp3) is 0.294. The van der Waals surface area contributed by atoms with Gasteiger partial charge < -0.3 is 10.6 Å². The van der Waals surface area contributed by atoms with Crippen LogP contribution < -0.4 is 5.73 Å². The van der Waals surface area contributed by atoms with Crippen LogP contribution >= 0.6 is 0 Å². The fourth-order valence-corrected chi connectivity index (χ4v) is 2.20. The minimum atomic E-state index is -0.213. The van der Waals surface area contributed by atoms with Gasteiger partial charge in [-0.3, -0.25) is 0 Å². The number of nitrogens with zero attached hydrogens (tertiary/aromatic N) is 1. The minimum Gasteiger partial charge on any atom is -0.324 e. The molecule has 106 valence electrons. The molecule has 0 fully saturated rings. The number of hydrogen-bond acceptors (Lipinski definition) is 2. The predicted molar refractivity (Wildman–Crippen MR) is 81.8 cm³/mol. The monoisotopic (exact) mass is 272 g/mol. The van der Waals surface area contributed by atoms with E-state index in [4.69, 9.17) is 5.73 Å². The van der Waals surface area contributed by atoms with Crippen molar-refractivity contribution in [3.8, 4) is 11.1 Å². The summed E-state index contributed by atoms with van der Waals surface area (Å²) in [7, 11) is 4.05. The Morgan fingerprint density at radius 3 is 2.30 bits per heavy atom. The lowest BCUT2D eigenvalue weighted by atomic mass is 9.99. The number of rotatable bonds is 4. The molecular formula is C17H21FN2. The van der Waals surface area contributed by atoms with E-state index in [-0.39, 0.29) is 11.9 Å². The Kier molecular flexibility index (Phi) is 4.53. The third-order valence-electron chi connectivity index (χ3n) is 3.28. The van der Waals surface area contributed by atoms with Crippen LogP contribution in [-0.4, -0.2) is 19.0 Å². The highest BCUT2D eigenvalue weighted by molar-refractivity contribution is 5.65. The van der Waals surface area contributed by atoms with E-state index in [1.807, 2.05) is 51.4 Å². The molecule has 0 amide bonds. The van der Waals surface area contributed by atoms with Gasteiger partial charge >= 0.3 is 0 Å². The summed E-state index contributed by atoms with van der Waals surface area (Å²) in [5.41, 5.74) is 9.51. The zero-order valence-electron chi connectivity index (χ0n) is 12.2.